The molecule has 6 nitrogen and oxygen atoms in total. The molecule has 0 aliphatic rings. The molecule has 10 heteroatoms. The maximum Gasteiger partial charge on any atom is 0.417 e. The summed E-state index contributed by atoms with van der Waals surface area (Å²) >= 11 is 6.31. The lowest BCUT2D eigenvalue weighted by Crippen LogP contribution is -2.12. The molecule has 0 saturated carbocycles. The number of rotatable bonds is 2. The smallest absolute Gasteiger partial charge is 0.338 e. The minimum Gasteiger partial charge on any atom is -0.338 e. The zero-order valence-corrected chi connectivity index (χ0v) is 18.4. The molecule has 4 aromatic rings. The number of nitrogens with zero attached hydrogens (tertiary/aromatic N) is 5. The fraction of sp³-hybridized carbons (Fsp3) is 0.273. The number of halogens is 4. The third kappa shape index (κ3) is 3.60. The molecular weight excluding hydrogens is 441 g/mol. The van der Waals surface area contributed by atoms with Gasteiger partial charge in [0.05, 0.1) is 29.0 Å². The van der Waals surface area contributed by atoms with E-state index in [1.165, 1.54) is 24.3 Å². The van der Waals surface area contributed by atoms with Crippen molar-refractivity contribution in [1.29, 1.82) is 0 Å². The van der Waals surface area contributed by atoms with Crippen LogP contribution in [-0.2, 0) is 18.6 Å². The topological polar surface area (TPSA) is 63.8 Å². The molecule has 1 aromatic carbocycles. The fourth-order valence-electron chi connectivity index (χ4n) is 3.57. The normalized spacial score (nSPS) is 12.3. The number of benzene rings is 1. The molecule has 0 bridgehead atoms. The number of hydrogen-bond acceptors (Lipinski definition) is 3. The molecule has 1 N–H and O–H groups in total. The Balaban J connectivity index is 1.92. The van der Waals surface area contributed by atoms with Crippen molar-refractivity contribution in [3.8, 4) is 22.8 Å². The number of imidazole rings is 1. The highest BCUT2D eigenvalue weighted by molar-refractivity contribution is 6.34. The summed E-state index contributed by atoms with van der Waals surface area (Å²) in [5, 5.41) is 4.45. The molecule has 164 valence electrons. The van der Waals surface area contributed by atoms with Gasteiger partial charge in [-0.25, -0.2) is 14.8 Å². The standard InChI is InChI=1S/C22H18ClF3N6/c1-21(2,3)18-16(27-4)17(32(5)31-18)20-29-14-10-13(28-19(23)15(14)30-20)11-8-6-7-9-12(11)22(24,25)26/h6-10H,1-3,5H3,(H,29,30). The fourth-order valence-corrected chi connectivity index (χ4v) is 3.80. The highest BCUT2D eigenvalue weighted by atomic mass is 35.5. The maximum absolute atomic E-state index is 13.5. The summed E-state index contributed by atoms with van der Waals surface area (Å²) in [6.07, 6.45) is -4.54. The molecule has 3 aromatic heterocycles. The highest BCUT2D eigenvalue weighted by Gasteiger charge is 2.34. The molecule has 0 aliphatic carbocycles. The van der Waals surface area contributed by atoms with Gasteiger partial charge in [-0.2, -0.15) is 18.3 Å². The molecule has 0 fully saturated rings. The average Bonchev–Trinajstić information content (AvgIpc) is 3.27. The van der Waals surface area contributed by atoms with E-state index in [0.29, 0.717) is 33.9 Å². The van der Waals surface area contributed by atoms with Crippen LogP contribution in [0.15, 0.2) is 30.3 Å². The van der Waals surface area contributed by atoms with Crippen molar-refractivity contribution in [2.45, 2.75) is 32.4 Å². The van der Waals surface area contributed by atoms with Gasteiger partial charge < -0.3 is 4.98 Å². The molecule has 0 amide bonds. The van der Waals surface area contributed by atoms with Gasteiger partial charge in [0.15, 0.2) is 5.15 Å². The zero-order chi connectivity index (χ0) is 23.4. The summed E-state index contributed by atoms with van der Waals surface area (Å²) in [6.45, 7) is 13.5. The summed E-state index contributed by atoms with van der Waals surface area (Å²) in [5.41, 5.74) is 0.948. The van der Waals surface area contributed by atoms with Crippen LogP contribution >= 0.6 is 11.6 Å². The Morgan fingerprint density at radius 2 is 1.81 bits per heavy atom. The van der Waals surface area contributed by atoms with Crippen LogP contribution in [0, 0.1) is 6.57 Å². The lowest BCUT2D eigenvalue weighted by Gasteiger charge is -2.15. The molecule has 4 rings (SSSR count). The van der Waals surface area contributed by atoms with Gasteiger partial charge >= 0.3 is 6.18 Å². The maximum atomic E-state index is 13.5. The first-order valence-corrected chi connectivity index (χ1v) is 9.97. The lowest BCUT2D eigenvalue weighted by atomic mass is 9.91. The predicted octanol–water partition coefficient (Wildman–Crippen LogP) is 6.55. The van der Waals surface area contributed by atoms with E-state index in [-0.39, 0.29) is 21.8 Å². The Morgan fingerprint density at radius 1 is 1.12 bits per heavy atom. The molecular formula is C22H18ClF3N6. The van der Waals surface area contributed by atoms with Crippen LogP contribution in [-0.4, -0.2) is 24.7 Å². The SMILES string of the molecule is [C-]#[N+]c1c(C(C)(C)C)nn(C)c1-c1nc2c(Cl)nc(-c3ccccc3C(F)(F)F)cc2[nH]1. The number of aromatic amines is 1. The Bertz CT molecular complexity index is 1390. The first-order chi connectivity index (χ1) is 14.9. The Hall–Kier alpha value is -3.38. The first-order valence-electron chi connectivity index (χ1n) is 9.60. The number of alkyl halides is 3. The number of pyridine rings is 1. The molecule has 0 spiro atoms. The molecule has 0 aliphatic heterocycles. The van der Waals surface area contributed by atoms with Gasteiger partial charge in [0.2, 0.25) is 5.69 Å². The van der Waals surface area contributed by atoms with E-state index >= 15 is 0 Å². The van der Waals surface area contributed by atoms with Crippen molar-refractivity contribution in [3.63, 3.8) is 0 Å². The number of aromatic nitrogens is 5. The van der Waals surface area contributed by atoms with Gasteiger partial charge in [0, 0.05) is 12.6 Å². The van der Waals surface area contributed by atoms with E-state index in [0.717, 1.165) is 6.07 Å². The van der Waals surface area contributed by atoms with Crippen LogP contribution < -0.4 is 0 Å². The molecule has 0 unspecified atom stereocenters. The van der Waals surface area contributed by atoms with Crippen LogP contribution in [0.2, 0.25) is 5.15 Å². The number of nitrogens with one attached hydrogen (secondary N) is 1. The summed E-state index contributed by atoms with van der Waals surface area (Å²) in [5.74, 6) is 0.335. The zero-order valence-electron chi connectivity index (χ0n) is 17.6. The van der Waals surface area contributed by atoms with Crippen molar-refractivity contribution in [2.75, 3.05) is 0 Å². The first kappa shape index (κ1) is 21.8. The van der Waals surface area contributed by atoms with E-state index in [9.17, 15) is 13.2 Å². The van der Waals surface area contributed by atoms with Gasteiger partial charge in [-0.3, -0.25) is 4.68 Å². The van der Waals surface area contributed by atoms with E-state index in [1.54, 1.807) is 11.7 Å². The van der Waals surface area contributed by atoms with Gasteiger partial charge in [0.25, 0.3) is 0 Å². The van der Waals surface area contributed by atoms with Crippen molar-refractivity contribution in [1.82, 2.24) is 24.7 Å². The van der Waals surface area contributed by atoms with Crippen molar-refractivity contribution in [3.05, 3.63) is 58.2 Å². The Morgan fingerprint density at radius 3 is 2.44 bits per heavy atom. The van der Waals surface area contributed by atoms with Crippen molar-refractivity contribution in [2.24, 2.45) is 7.05 Å². The third-order valence-corrected chi connectivity index (χ3v) is 5.27. The molecule has 0 atom stereocenters. The molecule has 32 heavy (non-hydrogen) atoms. The van der Waals surface area contributed by atoms with Crippen LogP contribution in [0.1, 0.15) is 32.0 Å². The number of aryl methyl sites for hydroxylation is 1. The minimum atomic E-state index is -4.54. The molecule has 0 radical (unpaired) electrons. The van der Waals surface area contributed by atoms with E-state index in [1.807, 2.05) is 20.8 Å². The second-order valence-corrected chi connectivity index (χ2v) is 8.71. The average molecular weight is 459 g/mol. The number of H-pyrrole nitrogens is 1. The van der Waals surface area contributed by atoms with E-state index < -0.39 is 11.7 Å². The van der Waals surface area contributed by atoms with Gasteiger partial charge in [-0.15, -0.1) is 0 Å². The second kappa shape index (κ2) is 7.35. The molecule has 0 saturated heterocycles. The summed E-state index contributed by atoms with van der Waals surface area (Å²) in [7, 11) is 1.71. The number of fused-ring (bicyclic) bond motifs is 1. The monoisotopic (exact) mass is 458 g/mol. The third-order valence-electron chi connectivity index (χ3n) is 5.00. The predicted molar refractivity (Wildman–Crippen MR) is 117 cm³/mol. The van der Waals surface area contributed by atoms with Crippen molar-refractivity contribution >= 4 is 28.3 Å². The summed E-state index contributed by atoms with van der Waals surface area (Å²) in [4.78, 5) is 15.4. The van der Waals surface area contributed by atoms with E-state index in [4.69, 9.17) is 18.2 Å². The van der Waals surface area contributed by atoms with Crippen LogP contribution in [0.4, 0.5) is 18.9 Å². The lowest BCUT2D eigenvalue weighted by molar-refractivity contribution is -0.137. The van der Waals surface area contributed by atoms with Crippen LogP contribution in [0.25, 0.3) is 38.7 Å². The Labute approximate surface area is 186 Å². The van der Waals surface area contributed by atoms with Gasteiger partial charge in [-0.05, 0) is 17.5 Å². The van der Waals surface area contributed by atoms with Gasteiger partial charge in [0.1, 0.15) is 17.0 Å². The Kier molecular flexibility index (Phi) is 5.01. The van der Waals surface area contributed by atoms with E-state index in [2.05, 4.69) is 24.9 Å². The van der Waals surface area contributed by atoms with Crippen LogP contribution in [0.5, 0.6) is 0 Å². The second-order valence-electron chi connectivity index (χ2n) is 8.35. The van der Waals surface area contributed by atoms with Crippen LogP contribution in [0.3, 0.4) is 0 Å². The van der Waals surface area contributed by atoms with Gasteiger partial charge in [-0.1, -0.05) is 50.6 Å². The minimum absolute atomic E-state index is 0.0421. The quantitative estimate of drug-likeness (QED) is 0.274. The summed E-state index contributed by atoms with van der Waals surface area (Å²) in [6, 6.07) is 6.65. The highest BCUT2D eigenvalue weighted by Crippen LogP contribution is 2.40. The number of hydrogen-bond donors (Lipinski definition) is 1. The molecule has 3 heterocycles. The largest absolute Gasteiger partial charge is 0.417 e. The van der Waals surface area contributed by atoms with Crippen molar-refractivity contribution < 1.29 is 13.2 Å². The summed E-state index contributed by atoms with van der Waals surface area (Å²) < 4.78 is 42.0.